The van der Waals surface area contributed by atoms with Crippen LogP contribution >= 0.6 is 0 Å². The summed E-state index contributed by atoms with van der Waals surface area (Å²) in [4.78, 5) is -0.171. The van der Waals surface area contributed by atoms with E-state index in [0.717, 1.165) is 18.4 Å². The number of benzene rings is 2. The number of ether oxygens (including phenoxy) is 1. The molecule has 2 aromatic carbocycles. The Balaban J connectivity index is 0.00000480. The zero-order valence-corrected chi connectivity index (χ0v) is 22.4. The number of hydrogen-bond acceptors (Lipinski definition) is 4. The quantitative estimate of drug-likeness (QED) is 0.231. The Labute approximate surface area is 211 Å². The summed E-state index contributed by atoms with van der Waals surface area (Å²) in [5, 5.41) is 1.12. The number of hydrogen-bond donors (Lipinski definition) is 0. The number of aryl methyl sites for hydroxylation is 1. The Bertz CT molecular complexity index is 880. The molecule has 0 aliphatic heterocycles. The van der Waals surface area contributed by atoms with Crippen LogP contribution in [0.25, 0.3) is 10.8 Å². The molecule has 6 heteroatoms. The standard InChI is InChI=1S/C25H38O4S.Na/c1-3-4-5-6-7-8-9-10-11-12-13-14-15-21-16-17-22-23(20-21)25(30(26,27)28)19-18-24(22)29-2;/h16-20H,3-15H2,1-2H3,(H,26,27,28);/q;+1/p-1. The summed E-state index contributed by atoms with van der Waals surface area (Å²) >= 11 is 0. The van der Waals surface area contributed by atoms with Crippen LogP contribution in [0.4, 0.5) is 0 Å². The van der Waals surface area contributed by atoms with E-state index in [2.05, 4.69) is 6.92 Å². The minimum atomic E-state index is -4.52. The first-order valence-electron chi connectivity index (χ1n) is 11.5. The van der Waals surface area contributed by atoms with E-state index in [1.165, 1.54) is 82.8 Å². The van der Waals surface area contributed by atoms with Gasteiger partial charge in [-0.3, -0.25) is 0 Å². The predicted molar refractivity (Wildman–Crippen MR) is 123 cm³/mol. The van der Waals surface area contributed by atoms with Gasteiger partial charge in [0, 0.05) is 10.8 Å². The van der Waals surface area contributed by atoms with Crippen molar-refractivity contribution in [2.75, 3.05) is 7.11 Å². The summed E-state index contributed by atoms with van der Waals surface area (Å²) in [6.07, 6.45) is 16.6. The number of unbranched alkanes of at least 4 members (excludes halogenated alkanes) is 11. The van der Waals surface area contributed by atoms with Gasteiger partial charge < -0.3 is 9.29 Å². The van der Waals surface area contributed by atoms with Gasteiger partial charge in [0.1, 0.15) is 15.9 Å². The van der Waals surface area contributed by atoms with Crippen LogP contribution in [0.3, 0.4) is 0 Å². The summed E-state index contributed by atoms with van der Waals surface area (Å²) in [5.74, 6) is 0.578. The molecular weight excluding hydrogens is 419 g/mol. The zero-order valence-electron chi connectivity index (χ0n) is 19.6. The molecule has 168 valence electrons. The van der Waals surface area contributed by atoms with Gasteiger partial charge >= 0.3 is 29.6 Å². The Kier molecular flexibility index (Phi) is 14.0. The predicted octanol–water partition coefficient (Wildman–Crippen LogP) is 4.00. The van der Waals surface area contributed by atoms with Gasteiger partial charge in [0.2, 0.25) is 0 Å². The first-order valence-corrected chi connectivity index (χ1v) is 12.9. The second kappa shape index (κ2) is 15.3. The van der Waals surface area contributed by atoms with Crippen molar-refractivity contribution in [3.63, 3.8) is 0 Å². The molecule has 0 aromatic heterocycles. The SMILES string of the molecule is CCCCCCCCCCCCCCc1ccc2c(OC)ccc(S(=O)(=O)[O-])c2c1.[Na+]. The molecule has 2 aromatic rings. The molecule has 0 bridgehead atoms. The average Bonchev–Trinajstić information content (AvgIpc) is 2.72. The van der Waals surface area contributed by atoms with E-state index in [1.807, 2.05) is 18.2 Å². The molecule has 0 spiro atoms. The van der Waals surface area contributed by atoms with Crippen molar-refractivity contribution in [2.45, 2.75) is 95.3 Å². The van der Waals surface area contributed by atoms with Crippen LogP contribution in [-0.4, -0.2) is 20.1 Å². The number of rotatable bonds is 15. The summed E-state index contributed by atoms with van der Waals surface area (Å²) in [7, 11) is -2.98. The maximum absolute atomic E-state index is 11.6. The third-order valence-electron chi connectivity index (χ3n) is 5.81. The Hall–Kier alpha value is -0.590. The third-order valence-corrected chi connectivity index (χ3v) is 6.70. The minimum absolute atomic E-state index is 0. The smallest absolute Gasteiger partial charge is 0.744 e. The van der Waals surface area contributed by atoms with E-state index >= 15 is 0 Å². The molecule has 0 fully saturated rings. The van der Waals surface area contributed by atoms with Gasteiger partial charge in [-0.25, -0.2) is 8.42 Å². The van der Waals surface area contributed by atoms with E-state index in [9.17, 15) is 13.0 Å². The molecule has 0 aliphatic carbocycles. The van der Waals surface area contributed by atoms with Crippen molar-refractivity contribution in [1.82, 2.24) is 0 Å². The van der Waals surface area contributed by atoms with Crippen molar-refractivity contribution < 1.29 is 47.3 Å². The van der Waals surface area contributed by atoms with Crippen molar-refractivity contribution in [2.24, 2.45) is 0 Å². The molecule has 0 amide bonds. The maximum atomic E-state index is 11.6. The molecule has 31 heavy (non-hydrogen) atoms. The number of fused-ring (bicyclic) bond motifs is 1. The molecule has 0 saturated carbocycles. The van der Waals surface area contributed by atoms with Crippen molar-refractivity contribution in [1.29, 1.82) is 0 Å². The Morgan fingerprint density at radius 1 is 0.774 bits per heavy atom. The van der Waals surface area contributed by atoms with Crippen LogP contribution in [0.2, 0.25) is 0 Å². The Morgan fingerprint density at radius 2 is 1.32 bits per heavy atom. The molecule has 0 heterocycles. The Morgan fingerprint density at radius 3 is 1.84 bits per heavy atom. The first-order chi connectivity index (χ1) is 14.5. The van der Waals surface area contributed by atoms with Crippen LogP contribution in [0, 0.1) is 0 Å². The van der Waals surface area contributed by atoms with Gasteiger partial charge in [-0.1, -0.05) is 89.7 Å². The van der Waals surface area contributed by atoms with Crippen LogP contribution in [0.1, 0.15) is 89.5 Å². The van der Waals surface area contributed by atoms with Crippen molar-refractivity contribution in [3.05, 3.63) is 35.9 Å². The molecule has 4 nitrogen and oxygen atoms in total. The molecule has 0 atom stereocenters. The van der Waals surface area contributed by atoms with Gasteiger partial charge in [0.25, 0.3) is 0 Å². The normalized spacial score (nSPS) is 11.5. The summed E-state index contributed by atoms with van der Waals surface area (Å²) in [6, 6.07) is 8.58. The van der Waals surface area contributed by atoms with Crippen LogP contribution in [0.5, 0.6) is 5.75 Å². The fourth-order valence-corrected chi connectivity index (χ4v) is 4.74. The second-order valence-electron chi connectivity index (χ2n) is 8.24. The van der Waals surface area contributed by atoms with E-state index in [-0.39, 0.29) is 34.5 Å². The zero-order chi connectivity index (χ0) is 21.8. The molecule has 2 rings (SSSR count). The minimum Gasteiger partial charge on any atom is -0.744 e. The summed E-state index contributed by atoms with van der Waals surface area (Å²) in [5.41, 5.74) is 1.06. The fourth-order valence-electron chi connectivity index (χ4n) is 4.06. The van der Waals surface area contributed by atoms with E-state index in [1.54, 1.807) is 7.11 Å². The topological polar surface area (TPSA) is 66.4 Å². The number of methoxy groups -OCH3 is 1. The summed E-state index contributed by atoms with van der Waals surface area (Å²) < 4.78 is 40.2. The van der Waals surface area contributed by atoms with E-state index < -0.39 is 10.1 Å². The van der Waals surface area contributed by atoms with Gasteiger partial charge in [-0.05, 0) is 36.6 Å². The molecule has 0 N–H and O–H groups in total. The van der Waals surface area contributed by atoms with Gasteiger partial charge in [0.05, 0.1) is 12.0 Å². The van der Waals surface area contributed by atoms with Gasteiger partial charge in [-0.2, -0.15) is 0 Å². The van der Waals surface area contributed by atoms with Crippen LogP contribution in [-0.2, 0) is 16.5 Å². The third kappa shape index (κ3) is 9.83. The van der Waals surface area contributed by atoms with Crippen LogP contribution < -0.4 is 34.3 Å². The maximum Gasteiger partial charge on any atom is 1.00 e. The first kappa shape index (κ1) is 28.4. The molecular formula is C25H37NaO4S. The van der Waals surface area contributed by atoms with Crippen molar-refractivity contribution in [3.8, 4) is 5.75 Å². The summed E-state index contributed by atoms with van der Waals surface area (Å²) in [6.45, 7) is 2.26. The molecule has 0 radical (unpaired) electrons. The molecule has 0 saturated heterocycles. The largest absolute Gasteiger partial charge is 1.00 e. The van der Waals surface area contributed by atoms with Crippen LogP contribution in [0.15, 0.2) is 35.2 Å². The average molecular weight is 457 g/mol. The van der Waals surface area contributed by atoms with Gasteiger partial charge in [0.15, 0.2) is 0 Å². The monoisotopic (exact) mass is 456 g/mol. The van der Waals surface area contributed by atoms with E-state index in [0.29, 0.717) is 16.5 Å². The van der Waals surface area contributed by atoms with Crippen molar-refractivity contribution >= 4 is 20.9 Å². The molecule has 0 aliphatic rings. The fraction of sp³-hybridized carbons (Fsp3) is 0.600. The van der Waals surface area contributed by atoms with E-state index in [4.69, 9.17) is 4.74 Å². The second-order valence-corrected chi connectivity index (χ2v) is 9.59. The molecule has 0 unspecified atom stereocenters. The van der Waals surface area contributed by atoms with Gasteiger partial charge in [-0.15, -0.1) is 0 Å².